The van der Waals surface area contributed by atoms with Gasteiger partial charge in [0.25, 0.3) is 0 Å². The van der Waals surface area contributed by atoms with Crippen molar-refractivity contribution in [1.82, 2.24) is 16.0 Å². The number of carbonyl (C=O) groups excluding carboxylic acids is 2. The van der Waals surface area contributed by atoms with Crippen LogP contribution in [0.4, 0.5) is 4.79 Å². The number of hydrogen-bond donors (Lipinski definition) is 3. The fourth-order valence-corrected chi connectivity index (χ4v) is 7.90. The van der Waals surface area contributed by atoms with Crippen LogP contribution < -0.4 is 16.0 Å². The highest BCUT2D eigenvalue weighted by Crippen LogP contribution is 2.65. The standard InChI is InChI=1S/C24H41N3O2/c1-22(2,3)27-21(29)26-20(28)18-9-8-16-15-7-10-19-24(5,12-6-14-25-19)17(15)11-13-23(16,18)4/h15-19,25H,6-14H2,1-5H3,(H2,26,27,28,29)/t15-,16-,17+,18?,19?,23-,24+/m0/s1. The van der Waals surface area contributed by atoms with E-state index in [1.54, 1.807) is 0 Å². The van der Waals surface area contributed by atoms with Crippen LogP contribution in [0.5, 0.6) is 0 Å². The molecule has 3 amide bonds. The number of rotatable bonds is 1. The highest BCUT2D eigenvalue weighted by molar-refractivity contribution is 5.96. The van der Waals surface area contributed by atoms with Gasteiger partial charge in [-0.25, -0.2) is 4.79 Å². The Kier molecular flexibility index (Phi) is 5.28. The number of nitrogens with one attached hydrogen (secondary N) is 3. The number of fused-ring (bicyclic) bond motifs is 5. The number of piperidine rings is 1. The summed E-state index contributed by atoms with van der Waals surface area (Å²) in [6, 6.07) is 0.327. The van der Waals surface area contributed by atoms with Crippen LogP contribution in [0.3, 0.4) is 0 Å². The van der Waals surface area contributed by atoms with Gasteiger partial charge in [-0.15, -0.1) is 0 Å². The fraction of sp³-hybridized carbons (Fsp3) is 0.917. The number of imide groups is 1. The third-order valence-electron chi connectivity index (χ3n) is 9.19. The molecule has 4 fully saturated rings. The van der Waals surface area contributed by atoms with E-state index in [4.69, 9.17) is 0 Å². The van der Waals surface area contributed by atoms with Crippen molar-refractivity contribution in [3.63, 3.8) is 0 Å². The molecule has 29 heavy (non-hydrogen) atoms. The molecule has 3 N–H and O–H groups in total. The van der Waals surface area contributed by atoms with E-state index < -0.39 is 0 Å². The second-order valence-electron chi connectivity index (χ2n) is 11.9. The molecular weight excluding hydrogens is 362 g/mol. The molecule has 1 saturated heterocycles. The van der Waals surface area contributed by atoms with Crippen LogP contribution in [0.1, 0.15) is 86.0 Å². The lowest BCUT2D eigenvalue weighted by Crippen LogP contribution is -2.60. The summed E-state index contributed by atoms with van der Waals surface area (Å²) < 4.78 is 0. The van der Waals surface area contributed by atoms with Crippen molar-refractivity contribution in [2.75, 3.05) is 6.54 Å². The van der Waals surface area contributed by atoms with Crippen LogP contribution in [-0.4, -0.2) is 30.1 Å². The zero-order valence-corrected chi connectivity index (χ0v) is 19.1. The topological polar surface area (TPSA) is 70.2 Å². The van der Waals surface area contributed by atoms with Gasteiger partial charge in [-0.2, -0.15) is 0 Å². The Morgan fingerprint density at radius 3 is 2.38 bits per heavy atom. The van der Waals surface area contributed by atoms with E-state index in [-0.39, 0.29) is 28.8 Å². The van der Waals surface area contributed by atoms with Crippen LogP contribution in [-0.2, 0) is 4.79 Å². The molecule has 3 saturated carbocycles. The molecule has 164 valence electrons. The van der Waals surface area contributed by atoms with Gasteiger partial charge in [-0.1, -0.05) is 13.8 Å². The molecule has 4 rings (SSSR count). The molecule has 1 aliphatic heterocycles. The minimum absolute atomic E-state index is 0.0332. The van der Waals surface area contributed by atoms with Gasteiger partial charge in [0, 0.05) is 17.5 Å². The fourth-order valence-electron chi connectivity index (χ4n) is 7.90. The third-order valence-corrected chi connectivity index (χ3v) is 9.19. The molecule has 0 spiro atoms. The molecule has 3 aliphatic carbocycles. The average Bonchev–Trinajstić information content (AvgIpc) is 2.96. The van der Waals surface area contributed by atoms with E-state index in [9.17, 15) is 9.59 Å². The van der Waals surface area contributed by atoms with E-state index >= 15 is 0 Å². The summed E-state index contributed by atoms with van der Waals surface area (Å²) >= 11 is 0. The summed E-state index contributed by atoms with van der Waals surface area (Å²) in [6.07, 6.45) is 9.68. The summed E-state index contributed by atoms with van der Waals surface area (Å²) in [6.45, 7) is 11.9. The monoisotopic (exact) mass is 403 g/mol. The molecule has 5 nitrogen and oxygen atoms in total. The van der Waals surface area contributed by atoms with Crippen molar-refractivity contribution in [2.45, 2.75) is 97.6 Å². The van der Waals surface area contributed by atoms with Gasteiger partial charge in [0.15, 0.2) is 0 Å². The molecule has 1 heterocycles. The first kappa shape index (κ1) is 21.1. The van der Waals surface area contributed by atoms with E-state index in [1.165, 1.54) is 38.6 Å². The van der Waals surface area contributed by atoms with E-state index in [2.05, 4.69) is 29.8 Å². The quantitative estimate of drug-likeness (QED) is 0.614. The van der Waals surface area contributed by atoms with Crippen molar-refractivity contribution >= 4 is 11.9 Å². The summed E-state index contributed by atoms with van der Waals surface area (Å²) in [7, 11) is 0. The predicted octanol–water partition coefficient (Wildman–Crippen LogP) is 4.22. The third kappa shape index (κ3) is 3.62. The van der Waals surface area contributed by atoms with Gasteiger partial charge in [0.05, 0.1) is 0 Å². The molecule has 0 radical (unpaired) electrons. The van der Waals surface area contributed by atoms with Crippen LogP contribution >= 0.6 is 0 Å². The number of hydrogen-bond acceptors (Lipinski definition) is 3. The summed E-state index contributed by atoms with van der Waals surface area (Å²) in [5.41, 5.74) is 0.126. The Bertz CT molecular complexity index is 672. The second-order valence-corrected chi connectivity index (χ2v) is 11.9. The zero-order chi connectivity index (χ0) is 21.0. The van der Waals surface area contributed by atoms with Gasteiger partial charge < -0.3 is 10.6 Å². The number of urea groups is 1. The maximum absolute atomic E-state index is 13.1. The summed E-state index contributed by atoms with van der Waals surface area (Å²) in [4.78, 5) is 25.3. The lowest BCUT2D eigenvalue weighted by Gasteiger charge is -2.60. The minimum Gasteiger partial charge on any atom is -0.333 e. The first-order valence-electron chi connectivity index (χ1n) is 11.9. The Labute approximate surface area is 176 Å². The minimum atomic E-state index is -0.357. The molecular formula is C24H41N3O2. The van der Waals surface area contributed by atoms with Crippen molar-refractivity contribution in [3.8, 4) is 0 Å². The van der Waals surface area contributed by atoms with Crippen molar-refractivity contribution in [2.24, 2.45) is 34.5 Å². The molecule has 0 aromatic carbocycles. The molecule has 5 heteroatoms. The smallest absolute Gasteiger partial charge is 0.321 e. The first-order valence-corrected chi connectivity index (χ1v) is 11.9. The Hall–Kier alpha value is -1.10. The molecule has 0 bridgehead atoms. The lowest BCUT2D eigenvalue weighted by atomic mass is 9.47. The molecule has 4 aliphatic rings. The summed E-state index contributed by atoms with van der Waals surface area (Å²) in [5.74, 6) is 2.07. The molecule has 0 aromatic heterocycles. The SMILES string of the molecule is CC(C)(C)NC(=O)NC(=O)C1CC[C@H]2[C@@H]3CCC4NCCC[C@]4(C)[C@@H]3CC[C@]12C. The van der Waals surface area contributed by atoms with Crippen LogP contribution in [0.15, 0.2) is 0 Å². The normalized spacial score (nSPS) is 44.2. The van der Waals surface area contributed by atoms with Gasteiger partial charge in [0.2, 0.25) is 5.91 Å². The largest absolute Gasteiger partial charge is 0.333 e. The van der Waals surface area contributed by atoms with Gasteiger partial charge >= 0.3 is 6.03 Å². The van der Waals surface area contributed by atoms with Gasteiger partial charge in [-0.3, -0.25) is 10.1 Å². The Morgan fingerprint density at radius 2 is 1.66 bits per heavy atom. The molecule has 0 aromatic rings. The lowest BCUT2D eigenvalue weighted by molar-refractivity contribution is -0.133. The van der Waals surface area contributed by atoms with Crippen LogP contribution in [0.2, 0.25) is 0 Å². The highest BCUT2D eigenvalue weighted by Gasteiger charge is 2.61. The van der Waals surface area contributed by atoms with E-state index in [0.29, 0.717) is 17.4 Å². The first-order chi connectivity index (χ1) is 13.5. The number of amides is 3. The number of carbonyl (C=O) groups is 2. The molecule has 2 unspecified atom stereocenters. The Balaban J connectivity index is 1.48. The van der Waals surface area contributed by atoms with Crippen molar-refractivity contribution in [1.29, 1.82) is 0 Å². The van der Waals surface area contributed by atoms with E-state index in [0.717, 1.165) is 31.1 Å². The van der Waals surface area contributed by atoms with Crippen LogP contribution in [0, 0.1) is 34.5 Å². The van der Waals surface area contributed by atoms with Crippen molar-refractivity contribution < 1.29 is 9.59 Å². The highest BCUT2D eigenvalue weighted by atomic mass is 16.2. The second kappa shape index (κ2) is 7.25. The van der Waals surface area contributed by atoms with E-state index in [1.807, 2.05) is 20.8 Å². The van der Waals surface area contributed by atoms with Crippen molar-refractivity contribution in [3.05, 3.63) is 0 Å². The predicted molar refractivity (Wildman–Crippen MR) is 115 cm³/mol. The Morgan fingerprint density at radius 1 is 0.931 bits per heavy atom. The van der Waals surface area contributed by atoms with Gasteiger partial charge in [-0.05, 0) is 107 Å². The maximum atomic E-state index is 13.1. The van der Waals surface area contributed by atoms with Crippen LogP contribution in [0.25, 0.3) is 0 Å². The average molecular weight is 404 g/mol. The summed E-state index contributed by atoms with van der Waals surface area (Å²) in [5, 5.41) is 9.35. The molecule has 7 atom stereocenters. The zero-order valence-electron chi connectivity index (χ0n) is 19.1. The maximum Gasteiger partial charge on any atom is 0.321 e. The van der Waals surface area contributed by atoms with Gasteiger partial charge in [0.1, 0.15) is 0 Å².